The van der Waals surface area contributed by atoms with Gasteiger partial charge in [0.2, 0.25) is 5.91 Å². The third-order valence-electron chi connectivity index (χ3n) is 5.36. The SMILES string of the molecule is [C-]#[N+]c1ccc(C2(C)NC(=O)N(CC(=O)NC(CC(=O)OCC)c3ccccc3)C2=O)cc1.[V]. The van der Waals surface area contributed by atoms with E-state index in [0.717, 1.165) is 4.90 Å². The van der Waals surface area contributed by atoms with E-state index in [4.69, 9.17) is 11.3 Å². The van der Waals surface area contributed by atoms with E-state index in [9.17, 15) is 19.2 Å². The van der Waals surface area contributed by atoms with E-state index >= 15 is 0 Å². The number of hydrogen-bond donors (Lipinski definition) is 2. The predicted octanol–water partition coefficient (Wildman–Crippen LogP) is 2.81. The van der Waals surface area contributed by atoms with Crippen LogP contribution in [0.25, 0.3) is 4.85 Å². The molecule has 2 unspecified atom stereocenters. The molecule has 4 amide bonds. The maximum atomic E-state index is 13.1. The van der Waals surface area contributed by atoms with Gasteiger partial charge in [-0.3, -0.25) is 19.3 Å². The fourth-order valence-electron chi connectivity index (χ4n) is 3.61. The number of imide groups is 1. The molecule has 2 aromatic carbocycles. The Balaban J connectivity index is 0.00000408. The molecular formula is C24H24N4O5V. The molecule has 2 N–H and O–H groups in total. The molecule has 2 aromatic rings. The number of carbonyl (C=O) groups is 4. The molecule has 0 saturated carbocycles. The van der Waals surface area contributed by atoms with E-state index in [-0.39, 0.29) is 31.6 Å². The molecule has 1 aliphatic heterocycles. The molecule has 0 spiro atoms. The van der Waals surface area contributed by atoms with Gasteiger partial charge in [0.05, 0.1) is 25.6 Å². The minimum atomic E-state index is -1.36. The molecule has 34 heavy (non-hydrogen) atoms. The van der Waals surface area contributed by atoms with Crippen molar-refractivity contribution in [3.63, 3.8) is 0 Å². The molecule has 0 aromatic heterocycles. The van der Waals surface area contributed by atoms with Gasteiger partial charge < -0.3 is 15.4 Å². The third kappa shape index (κ3) is 5.84. The second-order valence-corrected chi connectivity index (χ2v) is 7.65. The van der Waals surface area contributed by atoms with Gasteiger partial charge >= 0.3 is 12.0 Å². The number of ether oxygens (including phenoxy) is 1. The number of nitrogens with zero attached hydrogens (tertiary/aromatic N) is 2. The van der Waals surface area contributed by atoms with Crippen LogP contribution < -0.4 is 10.6 Å². The topological polar surface area (TPSA) is 109 Å². The first-order chi connectivity index (χ1) is 15.8. The van der Waals surface area contributed by atoms with Gasteiger partial charge in [-0.25, -0.2) is 9.64 Å². The van der Waals surface area contributed by atoms with Crippen LogP contribution >= 0.6 is 0 Å². The number of carbonyl (C=O) groups excluding carboxylic acids is 4. The first kappa shape index (κ1) is 26.6. The number of urea groups is 1. The summed E-state index contributed by atoms with van der Waals surface area (Å²) in [4.78, 5) is 54.6. The molecule has 1 heterocycles. The molecule has 175 valence electrons. The van der Waals surface area contributed by atoms with Crippen LogP contribution in [0.4, 0.5) is 10.5 Å². The Bertz CT molecular complexity index is 1100. The summed E-state index contributed by atoms with van der Waals surface area (Å²) in [5.41, 5.74) is 0.243. The molecule has 10 heteroatoms. The van der Waals surface area contributed by atoms with Gasteiger partial charge in [-0.1, -0.05) is 54.6 Å². The van der Waals surface area contributed by atoms with E-state index in [1.165, 1.54) is 0 Å². The zero-order valence-electron chi connectivity index (χ0n) is 18.8. The number of amides is 4. The molecule has 0 aliphatic carbocycles. The summed E-state index contributed by atoms with van der Waals surface area (Å²) in [5.74, 6) is -1.65. The largest absolute Gasteiger partial charge is 0.466 e. The summed E-state index contributed by atoms with van der Waals surface area (Å²) in [6.45, 7) is 9.99. The molecule has 1 fully saturated rings. The number of hydrogen-bond acceptors (Lipinski definition) is 5. The van der Waals surface area contributed by atoms with Crippen LogP contribution in [0.1, 0.15) is 37.4 Å². The normalized spacial score (nSPS) is 17.7. The Kier molecular flexibility index (Phi) is 9.01. The second-order valence-electron chi connectivity index (χ2n) is 7.65. The van der Waals surface area contributed by atoms with E-state index in [1.807, 2.05) is 6.07 Å². The van der Waals surface area contributed by atoms with E-state index < -0.39 is 41.9 Å². The summed E-state index contributed by atoms with van der Waals surface area (Å²) < 4.78 is 5.00. The van der Waals surface area contributed by atoms with Crippen molar-refractivity contribution in [2.75, 3.05) is 13.2 Å². The summed E-state index contributed by atoms with van der Waals surface area (Å²) >= 11 is 0. The fourth-order valence-corrected chi connectivity index (χ4v) is 3.61. The molecule has 2 atom stereocenters. The Morgan fingerprint density at radius 3 is 2.38 bits per heavy atom. The Morgan fingerprint density at radius 2 is 1.79 bits per heavy atom. The van der Waals surface area contributed by atoms with Crippen LogP contribution in [0, 0.1) is 6.57 Å². The maximum absolute atomic E-state index is 13.1. The van der Waals surface area contributed by atoms with Crippen molar-refractivity contribution in [1.82, 2.24) is 15.5 Å². The van der Waals surface area contributed by atoms with Gasteiger partial charge in [-0.05, 0) is 25.0 Å². The number of nitrogens with one attached hydrogen (secondary N) is 2. The van der Waals surface area contributed by atoms with Crippen LogP contribution in [0.3, 0.4) is 0 Å². The Morgan fingerprint density at radius 1 is 1.15 bits per heavy atom. The summed E-state index contributed by atoms with van der Waals surface area (Å²) in [6, 6.07) is 13.8. The number of rotatable bonds is 8. The summed E-state index contributed by atoms with van der Waals surface area (Å²) in [6.07, 6.45) is -0.0884. The molecule has 9 nitrogen and oxygen atoms in total. The zero-order valence-corrected chi connectivity index (χ0v) is 20.2. The van der Waals surface area contributed by atoms with Crippen molar-refractivity contribution < 1.29 is 42.5 Å². The average molecular weight is 499 g/mol. The first-order valence-electron chi connectivity index (χ1n) is 10.4. The van der Waals surface area contributed by atoms with E-state index in [2.05, 4.69) is 15.5 Å². The molecule has 0 bridgehead atoms. The average Bonchev–Trinajstić information content (AvgIpc) is 3.03. The standard InChI is InChI=1S/C24H24N4O5.V/c1-4-33-21(30)14-19(16-8-6-5-7-9-16)26-20(29)15-28-22(31)24(2,27-23(28)32)17-10-12-18(25-3)13-11-17;/h5-13,19H,4,14-15H2,1-2H3,(H,26,29)(H,27,32);. The monoisotopic (exact) mass is 499 g/mol. The molecule has 1 radical (unpaired) electrons. The van der Waals surface area contributed by atoms with Gasteiger partial charge in [0.25, 0.3) is 5.91 Å². The smallest absolute Gasteiger partial charge is 0.325 e. The van der Waals surface area contributed by atoms with Crippen molar-refractivity contribution in [3.8, 4) is 0 Å². The zero-order chi connectivity index (χ0) is 24.0. The van der Waals surface area contributed by atoms with Crippen molar-refractivity contribution in [1.29, 1.82) is 0 Å². The van der Waals surface area contributed by atoms with E-state index in [1.54, 1.807) is 62.4 Å². The van der Waals surface area contributed by atoms with Crippen LogP contribution in [0.5, 0.6) is 0 Å². The minimum Gasteiger partial charge on any atom is -0.466 e. The van der Waals surface area contributed by atoms with Crippen molar-refractivity contribution in [2.24, 2.45) is 0 Å². The first-order valence-corrected chi connectivity index (χ1v) is 10.4. The minimum absolute atomic E-state index is 0. The molecule has 3 rings (SSSR count). The third-order valence-corrected chi connectivity index (χ3v) is 5.36. The molecule has 1 aliphatic rings. The maximum Gasteiger partial charge on any atom is 0.325 e. The summed E-state index contributed by atoms with van der Waals surface area (Å²) in [5, 5.41) is 5.35. The van der Waals surface area contributed by atoms with Gasteiger partial charge in [-0.2, -0.15) is 0 Å². The van der Waals surface area contributed by atoms with Crippen LogP contribution in [0.2, 0.25) is 0 Å². The van der Waals surface area contributed by atoms with Crippen molar-refractivity contribution >= 4 is 29.5 Å². The van der Waals surface area contributed by atoms with Crippen LogP contribution in [0.15, 0.2) is 54.6 Å². The van der Waals surface area contributed by atoms with Crippen LogP contribution in [-0.4, -0.2) is 41.9 Å². The number of benzene rings is 2. The van der Waals surface area contributed by atoms with Gasteiger partial charge in [0.15, 0.2) is 5.69 Å². The Labute approximate surface area is 209 Å². The van der Waals surface area contributed by atoms with Gasteiger partial charge in [-0.15, -0.1) is 0 Å². The molecule has 1 saturated heterocycles. The quantitative estimate of drug-likeness (QED) is 0.330. The second kappa shape index (κ2) is 11.5. The summed E-state index contributed by atoms with van der Waals surface area (Å²) in [7, 11) is 0. The van der Waals surface area contributed by atoms with Crippen molar-refractivity contribution in [3.05, 3.63) is 77.1 Å². The van der Waals surface area contributed by atoms with Crippen LogP contribution in [-0.2, 0) is 43.2 Å². The number of esters is 1. The Hall–Kier alpha value is -3.61. The van der Waals surface area contributed by atoms with E-state index in [0.29, 0.717) is 16.8 Å². The van der Waals surface area contributed by atoms with Crippen molar-refractivity contribution in [2.45, 2.75) is 31.8 Å². The fraction of sp³-hybridized carbons (Fsp3) is 0.292. The predicted molar refractivity (Wildman–Crippen MR) is 119 cm³/mol. The van der Waals surface area contributed by atoms with Gasteiger partial charge in [0, 0.05) is 18.6 Å². The molecular weight excluding hydrogens is 475 g/mol. The van der Waals surface area contributed by atoms with Gasteiger partial charge in [0.1, 0.15) is 12.1 Å².